The number of fused-ring (bicyclic) bond motifs is 1. The molecule has 3 aromatic rings. The summed E-state index contributed by atoms with van der Waals surface area (Å²) in [7, 11) is 0. The van der Waals surface area contributed by atoms with Gasteiger partial charge in [0.05, 0.1) is 11.9 Å². The van der Waals surface area contributed by atoms with Crippen LogP contribution in [0.4, 0.5) is 4.39 Å². The molecule has 0 fully saturated rings. The number of amides is 1. The van der Waals surface area contributed by atoms with Crippen molar-refractivity contribution in [2.75, 3.05) is 0 Å². The third-order valence-electron chi connectivity index (χ3n) is 3.45. The van der Waals surface area contributed by atoms with Gasteiger partial charge in [0.1, 0.15) is 17.2 Å². The normalized spacial score (nSPS) is 11.3. The molecular formula is C17H15FN4O. The van der Waals surface area contributed by atoms with Crippen LogP contribution in [0.25, 0.3) is 5.65 Å². The van der Waals surface area contributed by atoms with Crippen molar-refractivity contribution in [1.29, 1.82) is 0 Å². The lowest BCUT2D eigenvalue weighted by Crippen LogP contribution is -2.20. The molecule has 3 rings (SSSR count). The van der Waals surface area contributed by atoms with Gasteiger partial charge in [-0.2, -0.15) is 5.10 Å². The Morgan fingerprint density at radius 1 is 1.30 bits per heavy atom. The van der Waals surface area contributed by atoms with Crippen LogP contribution in [-0.2, 0) is 0 Å². The van der Waals surface area contributed by atoms with Crippen LogP contribution < -0.4 is 5.43 Å². The number of hydrazone groups is 1. The molecule has 5 nitrogen and oxygen atoms in total. The Bertz CT molecular complexity index is 914. The number of halogens is 1. The molecule has 0 saturated carbocycles. The average molecular weight is 310 g/mol. The number of pyridine rings is 1. The zero-order chi connectivity index (χ0) is 16.4. The molecule has 0 saturated heterocycles. The second-order valence-electron chi connectivity index (χ2n) is 5.20. The number of carbonyl (C=O) groups is 1. The Labute approximate surface area is 132 Å². The van der Waals surface area contributed by atoms with Crippen LogP contribution in [0.15, 0.2) is 47.7 Å². The second kappa shape index (κ2) is 6.00. The summed E-state index contributed by atoms with van der Waals surface area (Å²) in [4.78, 5) is 16.7. The third kappa shape index (κ3) is 2.96. The van der Waals surface area contributed by atoms with Crippen LogP contribution in [0, 0.1) is 19.7 Å². The number of aryl methyl sites for hydroxylation is 2. The summed E-state index contributed by atoms with van der Waals surface area (Å²) in [5.41, 5.74) is 5.49. The van der Waals surface area contributed by atoms with E-state index in [9.17, 15) is 9.18 Å². The first-order valence-corrected chi connectivity index (χ1v) is 7.09. The van der Waals surface area contributed by atoms with Crippen molar-refractivity contribution in [3.05, 3.63) is 70.9 Å². The van der Waals surface area contributed by atoms with E-state index in [0.717, 1.165) is 5.56 Å². The summed E-state index contributed by atoms with van der Waals surface area (Å²) in [6.45, 7) is 3.72. The van der Waals surface area contributed by atoms with E-state index in [1.165, 1.54) is 12.3 Å². The minimum Gasteiger partial charge on any atom is -0.295 e. The largest absolute Gasteiger partial charge is 0.295 e. The van der Waals surface area contributed by atoms with Gasteiger partial charge in [0.15, 0.2) is 0 Å². The van der Waals surface area contributed by atoms with Crippen LogP contribution in [0.2, 0.25) is 0 Å². The number of imidazole rings is 1. The second-order valence-corrected chi connectivity index (χ2v) is 5.20. The van der Waals surface area contributed by atoms with Gasteiger partial charge in [0.25, 0.3) is 5.91 Å². The highest BCUT2D eigenvalue weighted by Gasteiger charge is 2.16. The van der Waals surface area contributed by atoms with E-state index in [0.29, 0.717) is 22.6 Å². The van der Waals surface area contributed by atoms with Crippen molar-refractivity contribution in [2.45, 2.75) is 13.8 Å². The van der Waals surface area contributed by atoms with Crippen molar-refractivity contribution >= 4 is 17.8 Å². The zero-order valence-electron chi connectivity index (χ0n) is 12.7. The lowest BCUT2D eigenvalue weighted by Gasteiger charge is -2.02. The molecule has 2 aromatic heterocycles. The van der Waals surface area contributed by atoms with Crippen molar-refractivity contribution in [2.24, 2.45) is 5.10 Å². The predicted octanol–water partition coefficient (Wildman–Crippen LogP) is 2.85. The van der Waals surface area contributed by atoms with E-state index < -0.39 is 11.7 Å². The maximum Gasteiger partial charge on any atom is 0.290 e. The highest BCUT2D eigenvalue weighted by Crippen LogP contribution is 2.13. The van der Waals surface area contributed by atoms with Crippen LogP contribution >= 0.6 is 0 Å². The molecule has 1 amide bonds. The molecule has 0 radical (unpaired) electrons. The van der Waals surface area contributed by atoms with E-state index in [2.05, 4.69) is 15.5 Å². The summed E-state index contributed by atoms with van der Waals surface area (Å²) >= 11 is 0. The molecule has 0 aliphatic heterocycles. The lowest BCUT2D eigenvalue weighted by molar-refractivity contribution is 0.0948. The van der Waals surface area contributed by atoms with Crippen molar-refractivity contribution < 1.29 is 9.18 Å². The molecule has 1 N–H and O–H groups in total. The van der Waals surface area contributed by atoms with Gasteiger partial charge >= 0.3 is 0 Å². The molecule has 0 unspecified atom stereocenters. The van der Waals surface area contributed by atoms with E-state index in [1.807, 2.05) is 19.1 Å². The van der Waals surface area contributed by atoms with E-state index in [4.69, 9.17) is 0 Å². The molecule has 0 spiro atoms. The molecule has 2 heterocycles. The number of carbonyl (C=O) groups excluding carboxylic acids is 1. The molecular weight excluding hydrogens is 295 g/mol. The SMILES string of the molecule is Cc1ccn2c(C(=O)NN=Cc3ccccc3F)c(C)nc2c1. The quantitative estimate of drug-likeness (QED) is 0.597. The average Bonchev–Trinajstić information content (AvgIpc) is 2.84. The van der Waals surface area contributed by atoms with Gasteiger partial charge in [-0.15, -0.1) is 0 Å². The Morgan fingerprint density at radius 2 is 2.09 bits per heavy atom. The van der Waals surface area contributed by atoms with E-state index >= 15 is 0 Å². The first-order valence-electron chi connectivity index (χ1n) is 7.09. The van der Waals surface area contributed by atoms with Gasteiger partial charge in [0, 0.05) is 11.8 Å². The molecule has 0 bridgehead atoms. The first-order chi connectivity index (χ1) is 11.1. The highest BCUT2D eigenvalue weighted by atomic mass is 19.1. The van der Waals surface area contributed by atoms with Gasteiger partial charge in [-0.3, -0.25) is 9.20 Å². The monoisotopic (exact) mass is 310 g/mol. The molecule has 116 valence electrons. The van der Waals surface area contributed by atoms with Crippen molar-refractivity contribution in [3.63, 3.8) is 0 Å². The number of aromatic nitrogens is 2. The number of hydrogen-bond donors (Lipinski definition) is 1. The molecule has 0 aliphatic carbocycles. The van der Waals surface area contributed by atoms with Crippen LogP contribution in [0.5, 0.6) is 0 Å². The Hall–Kier alpha value is -3.02. The number of rotatable bonds is 3. The lowest BCUT2D eigenvalue weighted by atomic mass is 10.2. The fourth-order valence-electron chi connectivity index (χ4n) is 2.33. The number of nitrogens with zero attached hydrogens (tertiary/aromatic N) is 3. The maximum atomic E-state index is 13.5. The number of nitrogens with one attached hydrogen (secondary N) is 1. The summed E-state index contributed by atoms with van der Waals surface area (Å²) in [5, 5.41) is 3.82. The topological polar surface area (TPSA) is 58.8 Å². The van der Waals surface area contributed by atoms with Gasteiger partial charge < -0.3 is 0 Å². The van der Waals surface area contributed by atoms with Crippen molar-refractivity contribution in [3.8, 4) is 0 Å². The van der Waals surface area contributed by atoms with Gasteiger partial charge in [0.2, 0.25) is 0 Å². The third-order valence-corrected chi connectivity index (χ3v) is 3.45. The standard InChI is InChI=1S/C17H15FN4O/c1-11-7-8-22-15(9-11)20-12(2)16(22)17(23)21-19-10-13-5-3-4-6-14(13)18/h3-10H,1-2H3,(H,21,23). The number of benzene rings is 1. The first kappa shape index (κ1) is 14.9. The Kier molecular flexibility index (Phi) is 3.89. The molecule has 23 heavy (non-hydrogen) atoms. The van der Waals surface area contributed by atoms with Crippen molar-refractivity contribution in [1.82, 2.24) is 14.8 Å². The number of hydrogen-bond acceptors (Lipinski definition) is 3. The Balaban J connectivity index is 1.84. The van der Waals surface area contributed by atoms with Crippen LogP contribution in [0.3, 0.4) is 0 Å². The fraction of sp³-hybridized carbons (Fsp3) is 0.118. The Morgan fingerprint density at radius 3 is 2.87 bits per heavy atom. The molecule has 0 aliphatic rings. The van der Waals surface area contributed by atoms with E-state index in [-0.39, 0.29) is 0 Å². The van der Waals surface area contributed by atoms with Crippen LogP contribution in [-0.4, -0.2) is 21.5 Å². The summed E-state index contributed by atoms with van der Waals surface area (Å²) in [5.74, 6) is -0.793. The highest BCUT2D eigenvalue weighted by molar-refractivity contribution is 5.95. The smallest absolute Gasteiger partial charge is 0.290 e. The summed E-state index contributed by atoms with van der Waals surface area (Å²) in [6.07, 6.45) is 3.07. The van der Waals surface area contributed by atoms with Gasteiger partial charge in [-0.1, -0.05) is 18.2 Å². The summed E-state index contributed by atoms with van der Waals surface area (Å²) in [6, 6.07) is 9.99. The van der Waals surface area contributed by atoms with Crippen LogP contribution in [0.1, 0.15) is 27.3 Å². The van der Waals surface area contributed by atoms with E-state index in [1.54, 1.807) is 35.7 Å². The fourth-order valence-corrected chi connectivity index (χ4v) is 2.33. The molecule has 0 atom stereocenters. The molecule has 6 heteroatoms. The summed E-state index contributed by atoms with van der Waals surface area (Å²) < 4.78 is 15.2. The maximum absolute atomic E-state index is 13.5. The minimum atomic E-state index is -0.397. The van der Waals surface area contributed by atoms with Gasteiger partial charge in [-0.25, -0.2) is 14.8 Å². The predicted molar refractivity (Wildman–Crippen MR) is 86.1 cm³/mol. The molecule has 1 aromatic carbocycles. The van der Waals surface area contributed by atoms with Gasteiger partial charge in [-0.05, 0) is 37.6 Å². The zero-order valence-corrected chi connectivity index (χ0v) is 12.7. The minimum absolute atomic E-state index is 0.304.